The molecule has 6 rings (SSSR count). The molecule has 164 valence electrons. The Labute approximate surface area is 199 Å². The summed E-state index contributed by atoms with van der Waals surface area (Å²) in [5.41, 5.74) is 1.42. The van der Waals surface area contributed by atoms with Crippen LogP contribution in [-0.4, -0.2) is 46.1 Å². The van der Waals surface area contributed by atoms with Crippen LogP contribution < -0.4 is 10.1 Å². The van der Waals surface area contributed by atoms with Crippen LogP contribution in [0.25, 0.3) is 22.6 Å². The number of ether oxygens (including phenoxy) is 1. The predicted molar refractivity (Wildman–Crippen MR) is 127 cm³/mol. The molecule has 2 unspecified atom stereocenters. The fraction of sp³-hybridized carbons (Fsp3) is 0.364. The first-order chi connectivity index (χ1) is 14.5. The van der Waals surface area contributed by atoms with E-state index in [-0.39, 0.29) is 45.4 Å². The van der Waals surface area contributed by atoms with Gasteiger partial charge in [0.2, 0.25) is 5.89 Å². The van der Waals surface area contributed by atoms with E-state index >= 15 is 0 Å². The average Bonchev–Trinajstić information content (AvgIpc) is 3.19. The third kappa shape index (κ3) is 4.01. The molecule has 6 nitrogen and oxygen atoms in total. The highest BCUT2D eigenvalue weighted by Crippen LogP contribution is 2.36. The van der Waals surface area contributed by atoms with E-state index in [9.17, 15) is 9.18 Å². The van der Waals surface area contributed by atoms with Crippen molar-refractivity contribution in [1.29, 1.82) is 0 Å². The van der Waals surface area contributed by atoms with E-state index in [0.29, 0.717) is 22.7 Å². The fourth-order valence-corrected chi connectivity index (χ4v) is 5.82. The van der Waals surface area contributed by atoms with Gasteiger partial charge in [-0.1, -0.05) is 34.7 Å². The van der Waals surface area contributed by atoms with Crippen molar-refractivity contribution >= 4 is 52.0 Å². The Morgan fingerprint density at radius 1 is 1.29 bits per heavy atom. The van der Waals surface area contributed by atoms with Crippen LogP contribution in [0.4, 0.5) is 4.39 Å². The molecular weight excluding hydrogens is 536 g/mol. The van der Waals surface area contributed by atoms with Crippen LogP contribution in [0, 0.1) is 11.7 Å². The van der Waals surface area contributed by atoms with Gasteiger partial charge in [-0.05, 0) is 50.0 Å². The number of amides is 1. The number of hydrogen-bond acceptors (Lipinski definition) is 5. The zero-order valence-electron chi connectivity index (χ0n) is 16.8. The summed E-state index contributed by atoms with van der Waals surface area (Å²) >= 11 is 2.40. The Balaban J connectivity index is 0.00000231. The third-order valence-electron chi connectivity index (χ3n) is 6.07. The molecule has 0 saturated carbocycles. The van der Waals surface area contributed by atoms with Crippen molar-refractivity contribution < 1.29 is 18.3 Å². The molecule has 0 aliphatic carbocycles. The number of alkyl halides is 1. The normalized spacial score (nSPS) is 24.6. The second-order valence-corrected chi connectivity index (χ2v) is 9.04. The molecule has 3 aliphatic heterocycles. The minimum absolute atomic E-state index is 0. The van der Waals surface area contributed by atoms with Gasteiger partial charge in [0, 0.05) is 6.07 Å². The maximum absolute atomic E-state index is 14.3. The monoisotopic (exact) mass is 557 g/mol. The van der Waals surface area contributed by atoms with Gasteiger partial charge in [-0.2, -0.15) is 0 Å². The number of fused-ring (bicyclic) bond motifs is 4. The number of carbonyl (C=O) groups is 1. The van der Waals surface area contributed by atoms with Gasteiger partial charge < -0.3 is 14.5 Å². The number of para-hydroxylation sites is 1. The van der Waals surface area contributed by atoms with Crippen molar-refractivity contribution in [1.82, 2.24) is 15.2 Å². The SMILES string of the molecule is COc1ccccc1-c1nc2c(C(=O)NC3C4CCN(CC4)C3I)cc(F)cc2o1.Cl. The van der Waals surface area contributed by atoms with E-state index in [4.69, 9.17) is 9.15 Å². The molecule has 3 fully saturated rings. The Bertz CT molecular complexity index is 1110. The van der Waals surface area contributed by atoms with E-state index in [2.05, 4.69) is 37.8 Å². The number of aromatic nitrogens is 1. The summed E-state index contributed by atoms with van der Waals surface area (Å²) in [6, 6.07) is 9.83. The zero-order chi connectivity index (χ0) is 20.8. The minimum atomic E-state index is -0.532. The summed E-state index contributed by atoms with van der Waals surface area (Å²) in [4.78, 5) is 20.1. The molecule has 31 heavy (non-hydrogen) atoms. The lowest BCUT2D eigenvalue weighted by Crippen LogP contribution is -2.61. The van der Waals surface area contributed by atoms with Gasteiger partial charge in [0.05, 0.1) is 28.3 Å². The summed E-state index contributed by atoms with van der Waals surface area (Å²) in [5.74, 6) is 0.480. The molecule has 2 bridgehead atoms. The molecule has 0 spiro atoms. The fourth-order valence-electron chi connectivity index (χ4n) is 4.50. The Morgan fingerprint density at radius 2 is 2.03 bits per heavy atom. The molecule has 3 aromatic rings. The number of methoxy groups -OCH3 is 1. The lowest BCUT2D eigenvalue weighted by atomic mass is 9.84. The first-order valence-corrected chi connectivity index (χ1v) is 11.2. The first kappa shape index (κ1) is 22.3. The van der Waals surface area contributed by atoms with E-state index in [0.717, 1.165) is 25.9 Å². The molecule has 1 N–H and O–H groups in total. The van der Waals surface area contributed by atoms with Crippen LogP contribution in [0.15, 0.2) is 40.8 Å². The highest BCUT2D eigenvalue weighted by molar-refractivity contribution is 14.1. The van der Waals surface area contributed by atoms with E-state index in [1.54, 1.807) is 13.2 Å². The van der Waals surface area contributed by atoms with Crippen LogP contribution in [0.1, 0.15) is 23.2 Å². The van der Waals surface area contributed by atoms with E-state index < -0.39 is 5.82 Å². The maximum Gasteiger partial charge on any atom is 0.254 e. The Kier molecular flexibility index (Phi) is 6.41. The first-order valence-electron chi connectivity index (χ1n) is 9.97. The molecule has 2 atom stereocenters. The lowest BCUT2D eigenvalue weighted by Gasteiger charge is -2.48. The molecule has 2 aromatic carbocycles. The highest BCUT2D eigenvalue weighted by atomic mass is 127. The average molecular weight is 558 g/mol. The lowest BCUT2D eigenvalue weighted by molar-refractivity contribution is 0.0554. The molecule has 1 amide bonds. The number of oxazole rings is 1. The van der Waals surface area contributed by atoms with Crippen molar-refractivity contribution in [2.24, 2.45) is 5.92 Å². The van der Waals surface area contributed by atoms with Crippen LogP contribution in [0.5, 0.6) is 5.75 Å². The van der Waals surface area contributed by atoms with Gasteiger partial charge in [0.15, 0.2) is 5.58 Å². The molecule has 0 radical (unpaired) electrons. The van der Waals surface area contributed by atoms with Gasteiger partial charge in [-0.3, -0.25) is 9.69 Å². The van der Waals surface area contributed by atoms with Crippen molar-refractivity contribution in [2.75, 3.05) is 20.2 Å². The minimum Gasteiger partial charge on any atom is -0.496 e. The molecule has 3 aliphatic rings. The zero-order valence-corrected chi connectivity index (χ0v) is 19.8. The second kappa shape index (κ2) is 8.91. The number of piperidine rings is 3. The highest BCUT2D eigenvalue weighted by Gasteiger charge is 2.41. The van der Waals surface area contributed by atoms with Crippen molar-refractivity contribution in [3.8, 4) is 17.2 Å². The van der Waals surface area contributed by atoms with Gasteiger partial charge in [-0.25, -0.2) is 9.37 Å². The quantitative estimate of drug-likeness (QED) is 0.287. The van der Waals surface area contributed by atoms with Gasteiger partial charge in [0.25, 0.3) is 5.91 Å². The Morgan fingerprint density at radius 3 is 2.74 bits per heavy atom. The molecule has 9 heteroatoms. The molecule has 3 saturated heterocycles. The smallest absolute Gasteiger partial charge is 0.254 e. The Hall–Kier alpha value is -1.91. The third-order valence-corrected chi connectivity index (χ3v) is 7.63. The maximum atomic E-state index is 14.3. The number of benzene rings is 2. The summed E-state index contributed by atoms with van der Waals surface area (Å²) in [6.45, 7) is 2.14. The van der Waals surface area contributed by atoms with E-state index in [1.807, 2.05) is 18.2 Å². The number of nitrogens with one attached hydrogen (secondary N) is 1. The number of hydrogen-bond donors (Lipinski definition) is 1. The molecular formula is C22H22ClFIN3O3. The van der Waals surface area contributed by atoms with Crippen LogP contribution >= 0.6 is 35.0 Å². The van der Waals surface area contributed by atoms with Crippen LogP contribution in [0.2, 0.25) is 0 Å². The number of carbonyl (C=O) groups excluding carboxylic acids is 1. The molecule has 4 heterocycles. The summed E-state index contributed by atoms with van der Waals surface area (Å²) in [7, 11) is 1.56. The van der Waals surface area contributed by atoms with Gasteiger partial charge in [0.1, 0.15) is 17.1 Å². The van der Waals surface area contributed by atoms with Crippen LogP contribution in [0.3, 0.4) is 0 Å². The largest absolute Gasteiger partial charge is 0.496 e. The van der Waals surface area contributed by atoms with Crippen molar-refractivity contribution in [2.45, 2.75) is 22.9 Å². The molecule has 1 aromatic heterocycles. The van der Waals surface area contributed by atoms with Crippen molar-refractivity contribution in [3.05, 3.63) is 47.8 Å². The number of rotatable bonds is 4. The number of nitrogens with zero attached hydrogens (tertiary/aromatic N) is 2. The summed E-state index contributed by atoms with van der Waals surface area (Å²) in [6.07, 6.45) is 2.15. The summed E-state index contributed by atoms with van der Waals surface area (Å²) in [5, 5.41) is 3.15. The second-order valence-electron chi connectivity index (χ2n) is 7.76. The van der Waals surface area contributed by atoms with Gasteiger partial charge >= 0.3 is 0 Å². The summed E-state index contributed by atoms with van der Waals surface area (Å²) < 4.78 is 25.7. The van der Waals surface area contributed by atoms with Crippen LogP contribution in [-0.2, 0) is 0 Å². The van der Waals surface area contributed by atoms with E-state index in [1.165, 1.54) is 12.1 Å². The standard InChI is InChI=1S/C22H21FIN3O3.ClH/c1-29-16-5-3-2-4-14(16)22-26-19-15(10-13(23)11-17(19)30-22)21(28)25-18-12-6-8-27(9-7-12)20(18)24;/h2-5,10-12,18,20H,6-9H2,1H3,(H,25,28);1H. The predicted octanol–water partition coefficient (Wildman–Crippen LogP) is 4.65. The topological polar surface area (TPSA) is 67.6 Å². The van der Waals surface area contributed by atoms with Gasteiger partial charge in [-0.15, -0.1) is 12.4 Å². The van der Waals surface area contributed by atoms with Crippen molar-refractivity contribution in [3.63, 3.8) is 0 Å². The number of halogens is 3.